The fraction of sp³-hybridized carbons (Fsp3) is 0.200. The molecule has 1 aromatic rings. The lowest BCUT2D eigenvalue weighted by Gasteiger charge is -1.97. The molecule has 6 heteroatoms. The molecule has 0 aromatic carbocycles. The van der Waals surface area contributed by atoms with E-state index in [1.807, 2.05) is 0 Å². The Hall–Kier alpha value is -1.01. The van der Waals surface area contributed by atoms with Crippen LogP contribution < -0.4 is 4.72 Å². The van der Waals surface area contributed by atoms with E-state index in [1.54, 1.807) is 0 Å². The number of aromatic nitrogens is 2. The Kier molecular flexibility index (Phi) is 2.16. The lowest BCUT2D eigenvalue weighted by Crippen LogP contribution is -2.19. The number of rotatable bonds is 2. The van der Waals surface area contributed by atoms with E-state index in [4.69, 9.17) is 0 Å². The summed E-state index contributed by atoms with van der Waals surface area (Å²) in [6, 6.07) is 0. The molecule has 0 aliphatic carbocycles. The van der Waals surface area contributed by atoms with Crippen molar-refractivity contribution in [2.75, 3.05) is 7.05 Å². The van der Waals surface area contributed by atoms with Crippen LogP contribution in [0.2, 0.25) is 0 Å². The summed E-state index contributed by atoms with van der Waals surface area (Å²) < 4.78 is 24.1. The first-order valence-electron chi connectivity index (χ1n) is 2.86. The topological polar surface area (TPSA) is 72.0 Å². The van der Waals surface area contributed by atoms with Crippen molar-refractivity contribution < 1.29 is 8.42 Å². The van der Waals surface area contributed by atoms with Gasteiger partial charge in [-0.2, -0.15) is 0 Å². The van der Waals surface area contributed by atoms with Crippen LogP contribution in [0.5, 0.6) is 0 Å². The van der Waals surface area contributed by atoms with Gasteiger partial charge in [-0.3, -0.25) is 4.98 Å². The molecule has 0 atom stereocenters. The van der Waals surface area contributed by atoms with Gasteiger partial charge in [-0.25, -0.2) is 18.1 Å². The molecular weight excluding hydrogens is 166 g/mol. The molecule has 0 amide bonds. The average molecular weight is 173 g/mol. The summed E-state index contributed by atoms with van der Waals surface area (Å²) in [6.07, 6.45) is 3.92. The summed E-state index contributed by atoms with van der Waals surface area (Å²) in [5, 5.41) is -0.0671. The Morgan fingerprint density at radius 3 is 2.64 bits per heavy atom. The quantitative estimate of drug-likeness (QED) is 0.647. The Balaban J connectivity index is 3.14. The predicted octanol–water partition coefficient (Wildman–Crippen LogP) is -0.615. The van der Waals surface area contributed by atoms with Crippen molar-refractivity contribution in [2.24, 2.45) is 0 Å². The van der Waals surface area contributed by atoms with E-state index in [-0.39, 0.29) is 5.03 Å². The summed E-state index contributed by atoms with van der Waals surface area (Å²) in [5.41, 5.74) is 0. The van der Waals surface area contributed by atoms with Crippen LogP contribution in [-0.4, -0.2) is 25.4 Å². The molecule has 11 heavy (non-hydrogen) atoms. The van der Waals surface area contributed by atoms with Crippen molar-refractivity contribution in [3.05, 3.63) is 18.6 Å². The molecule has 0 saturated heterocycles. The van der Waals surface area contributed by atoms with Crippen molar-refractivity contribution >= 4 is 10.0 Å². The fourth-order valence-electron chi connectivity index (χ4n) is 0.529. The highest BCUT2D eigenvalue weighted by Gasteiger charge is 2.11. The van der Waals surface area contributed by atoms with Gasteiger partial charge in [0.2, 0.25) is 0 Å². The van der Waals surface area contributed by atoms with E-state index in [1.165, 1.54) is 25.6 Å². The monoisotopic (exact) mass is 173 g/mol. The number of sulfonamides is 1. The molecular formula is C5H7N3O2S. The van der Waals surface area contributed by atoms with Crippen LogP contribution in [-0.2, 0) is 10.0 Å². The zero-order valence-electron chi connectivity index (χ0n) is 5.85. The van der Waals surface area contributed by atoms with Gasteiger partial charge in [-0.15, -0.1) is 0 Å². The number of hydrogen-bond acceptors (Lipinski definition) is 4. The van der Waals surface area contributed by atoms with Gasteiger partial charge in [-0.1, -0.05) is 0 Å². The van der Waals surface area contributed by atoms with E-state index in [2.05, 4.69) is 14.7 Å². The van der Waals surface area contributed by atoms with Crippen LogP contribution >= 0.6 is 0 Å². The molecule has 0 aliphatic rings. The van der Waals surface area contributed by atoms with Gasteiger partial charge in [0, 0.05) is 12.4 Å². The maximum absolute atomic E-state index is 11.0. The molecule has 0 bridgehead atoms. The second-order valence-corrected chi connectivity index (χ2v) is 3.58. The van der Waals surface area contributed by atoms with Crippen LogP contribution in [0.1, 0.15) is 0 Å². The van der Waals surface area contributed by atoms with Gasteiger partial charge < -0.3 is 0 Å². The molecule has 0 unspecified atom stereocenters. The minimum atomic E-state index is -3.42. The molecule has 60 valence electrons. The highest BCUT2D eigenvalue weighted by Crippen LogP contribution is 1.98. The van der Waals surface area contributed by atoms with Crippen molar-refractivity contribution in [3.63, 3.8) is 0 Å². The first-order chi connectivity index (χ1) is 5.17. The zero-order chi connectivity index (χ0) is 8.32. The van der Waals surface area contributed by atoms with E-state index in [9.17, 15) is 8.42 Å². The summed E-state index contributed by atoms with van der Waals surface area (Å²) in [5.74, 6) is 0. The Morgan fingerprint density at radius 2 is 2.18 bits per heavy atom. The van der Waals surface area contributed by atoms with Gasteiger partial charge in [0.05, 0.1) is 6.20 Å². The second kappa shape index (κ2) is 2.93. The van der Waals surface area contributed by atoms with Gasteiger partial charge >= 0.3 is 0 Å². The summed E-state index contributed by atoms with van der Waals surface area (Å²) in [7, 11) is -2.10. The third kappa shape index (κ3) is 1.72. The normalized spacial score (nSPS) is 11.4. The minimum absolute atomic E-state index is 0.0671. The van der Waals surface area contributed by atoms with Crippen LogP contribution in [0, 0.1) is 0 Å². The average Bonchev–Trinajstić information content (AvgIpc) is 2.06. The number of nitrogens with zero attached hydrogens (tertiary/aromatic N) is 2. The van der Waals surface area contributed by atoms with Crippen molar-refractivity contribution in [3.8, 4) is 0 Å². The lowest BCUT2D eigenvalue weighted by atomic mass is 10.8. The number of nitrogens with one attached hydrogen (secondary N) is 1. The smallest absolute Gasteiger partial charge is 0.259 e. The van der Waals surface area contributed by atoms with Crippen molar-refractivity contribution in [1.82, 2.24) is 14.7 Å². The third-order valence-electron chi connectivity index (χ3n) is 1.08. The lowest BCUT2D eigenvalue weighted by molar-refractivity contribution is 0.583. The molecule has 0 fully saturated rings. The molecule has 1 heterocycles. The maximum Gasteiger partial charge on any atom is 0.259 e. The van der Waals surface area contributed by atoms with Crippen LogP contribution in [0.4, 0.5) is 0 Å². The van der Waals surface area contributed by atoms with Crippen molar-refractivity contribution in [1.29, 1.82) is 0 Å². The molecule has 0 saturated carbocycles. The SMILES string of the molecule is CNS(=O)(=O)c1cnccn1. The minimum Gasteiger partial charge on any atom is -0.260 e. The summed E-state index contributed by atoms with van der Waals surface area (Å²) in [4.78, 5) is 7.23. The molecule has 1 N–H and O–H groups in total. The van der Waals surface area contributed by atoms with Crippen LogP contribution in [0.15, 0.2) is 23.6 Å². The number of hydrogen-bond donors (Lipinski definition) is 1. The van der Waals surface area contributed by atoms with Crippen molar-refractivity contribution in [2.45, 2.75) is 5.03 Å². The highest BCUT2D eigenvalue weighted by atomic mass is 32.2. The largest absolute Gasteiger partial charge is 0.260 e. The standard InChI is InChI=1S/C5H7N3O2S/c1-6-11(9,10)5-4-7-2-3-8-5/h2-4,6H,1H3. The molecule has 5 nitrogen and oxygen atoms in total. The van der Waals surface area contributed by atoms with Crippen LogP contribution in [0.3, 0.4) is 0 Å². The summed E-state index contributed by atoms with van der Waals surface area (Å²) >= 11 is 0. The Morgan fingerprint density at radius 1 is 1.45 bits per heavy atom. The van der Waals surface area contributed by atoms with Gasteiger partial charge in [0.25, 0.3) is 10.0 Å². The predicted molar refractivity (Wildman–Crippen MR) is 38.3 cm³/mol. The second-order valence-electron chi connectivity index (χ2n) is 1.75. The third-order valence-corrected chi connectivity index (χ3v) is 2.38. The molecule has 0 spiro atoms. The fourth-order valence-corrected chi connectivity index (χ4v) is 1.14. The van der Waals surface area contributed by atoms with E-state index >= 15 is 0 Å². The van der Waals surface area contributed by atoms with E-state index in [0.717, 1.165) is 0 Å². The highest BCUT2D eigenvalue weighted by molar-refractivity contribution is 7.89. The molecule has 0 aliphatic heterocycles. The zero-order valence-corrected chi connectivity index (χ0v) is 6.67. The van der Waals surface area contributed by atoms with Gasteiger partial charge in [0.15, 0.2) is 5.03 Å². The summed E-state index contributed by atoms with van der Waals surface area (Å²) in [6.45, 7) is 0. The van der Waals surface area contributed by atoms with E-state index < -0.39 is 10.0 Å². The van der Waals surface area contributed by atoms with Gasteiger partial charge in [-0.05, 0) is 7.05 Å². The van der Waals surface area contributed by atoms with E-state index in [0.29, 0.717) is 0 Å². The molecule has 0 radical (unpaired) electrons. The van der Waals surface area contributed by atoms with Gasteiger partial charge in [0.1, 0.15) is 0 Å². The maximum atomic E-state index is 11.0. The Bertz CT molecular complexity index is 321. The van der Waals surface area contributed by atoms with Crippen LogP contribution in [0.25, 0.3) is 0 Å². The first kappa shape index (κ1) is 8.09. The first-order valence-corrected chi connectivity index (χ1v) is 4.34. The molecule has 1 aromatic heterocycles. The molecule has 1 rings (SSSR count). The Labute approximate surface area is 64.5 Å².